The van der Waals surface area contributed by atoms with Gasteiger partial charge in [0.2, 0.25) is 5.91 Å². The van der Waals surface area contributed by atoms with Crippen LogP contribution in [-0.2, 0) is 16.0 Å². The van der Waals surface area contributed by atoms with Crippen LogP contribution >= 0.6 is 27.7 Å². The summed E-state index contributed by atoms with van der Waals surface area (Å²) < 4.78 is 0.898. The summed E-state index contributed by atoms with van der Waals surface area (Å²) >= 11 is 4.89. The highest BCUT2D eigenvalue weighted by atomic mass is 79.9. The smallest absolute Gasteiger partial charge is 0.326 e. The first-order valence-corrected chi connectivity index (χ1v) is 7.97. The molecule has 4 nitrogen and oxygen atoms in total. The first-order chi connectivity index (χ1) is 9.02. The van der Waals surface area contributed by atoms with Crippen LogP contribution in [0.1, 0.15) is 12.0 Å². The number of aliphatic carboxylic acids is 1. The van der Waals surface area contributed by atoms with Crippen molar-refractivity contribution in [2.75, 3.05) is 12.0 Å². The summed E-state index contributed by atoms with van der Waals surface area (Å²) in [5.41, 5.74) is 0.848. The van der Waals surface area contributed by atoms with Gasteiger partial charge in [-0.05, 0) is 36.1 Å². The lowest BCUT2D eigenvalue weighted by molar-refractivity contribution is -0.141. The number of thioether (sulfide) groups is 1. The molecule has 0 radical (unpaired) electrons. The predicted octanol–water partition coefficient (Wildman–Crippen LogP) is 2.31. The van der Waals surface area contributed by atoms with Crippen molar-refractivity contribution in [3.63, 3.8) is 0 Å². The number of amides is 1. The number of carboxylic acids is 1. The second-order valence-corrected chi connectivity index (χ2v) is 5.95. The zero-order valence-corrected chi connectivity index (χ0v) is 13.0. The number of carboxylic acid groups (broad SMARTS) is 1. The monoisotopic (exact) mass is 345 g/mol. The minimum absolute atomic E-state index is 0.183. The number of halogens is 1. The van der Waals surface area contributed by atoms with E-state index in [1.54, 1.807) is 11.8 Å². The van der Waals surface area contributed by atoms with Crippen LogP contribution in [0, 0.1) is 0 Å². The number of nitrogens with one attached hydrogen (secondary N) is 1. The fourth-order valence-electron chi connectivity index (χ4n) is 1.57. The summed E-state index contributed by atoms with van der Waals surface area (Å²) in [6, 6.07) is 6.58. The molecule has 1 aromatic rings. The summed E-state index contributed by atoms with van der Waals surface area (Å²) in [6.45, 7) is 0. The van der Waals surface area contributed by atoms with Crippen molar-refractivity contribution in [2.45, 2.75) is 18.9 Å². The van der Waals surface area contributed by atoms with Gasteiger partial charge in [-0.3, -0.25) is 4.79 Å². The second-order valence-electron chi connectivity index (χ2n) is 4.05. The van der Waals surface area contributed by atoms with Crippen LogP contribution in [0.4, 0.5) is 0 Å². The first kappa shape index (κ1) is 16.0. The van der Waals surface area contributed by atoms with E-state index < -0.39 is 12.0 Å². The highest BCUT2D eigenvalue weighted by Gasteiger charge is 2.19. The Balaban J connectivity index is 2.55. The van der Waals surface area contributed by atoms with Gasteiger partial charge in [-0.1, -0.05) is 28.1 Å². The summed E-state index contributed by atoms with van der Waals surface area (Å²) in [5, 5.41) is 11.6. The van der Waals surface area contributed by atoms with Gasteiger partial charge in [0.15, 0.2) is 0 Å². The SMILES string of the molecule is CSCC[C@@H](NC(=O)Cc1cccc(Br)c1)C(=O)O. The van der Waals surface area contributed by atoms with Crippen molar-refractivity contribution in [2.24, 2.45) is 0 Å². The molecule has 1 rings (SSSR count). The lowest BCUT2D eigenvalue weighted by Crippen LogP contribution is -2.41. The Labute approximate surface area is 125 Å². The molecule has 0 saturated heterocycles. The molecule has 0 fully saturated rings. The molecule has 1 aromatic carbocycles. The molecule has 0 heterocycles. The molecule has 1 atom stereocenters. The van der Waals surface area contributed by atoms with Gasteiger partial charge in [-0.25, -0.2) is 4.79 Å². The van der Waals surface area contributed by atoms with E-state index in [4.69, 9.17) is 5.11 Å². The molecule has 0 aliphatic rings. The third-order valence-corrected chi connectivity index (χ3v) is 3.63. The molecule has 19 heavy (non-hydrogen) atoms. The number of rotatable bonds is 7. The van der Waals surface area contributed by atoms with Gasteiger partial charge < -0.3 is 10.4 Å². The van der Waals surface area contributed by atoms with Crippen molar-refractivity contribution >= 4 is 39.6 Å². The fraction of sp³-hybridized carbons (Fsp3) is 0.385. The van der Waals surface area contributed by atoms with Crippen LogP contribution in [0.15, 0.2) is 28.7 Å². The molecular weight excluding hydrogens is 330 g/mol. The molecule has 0 aliphatic heterocycles. The van der Waals surface area contributed by atoms with E-state index in [9.17, 15) is 9.59 Å². The molecule has 0 saturated carbocycles. The minimum Gasteiger partial charge on any atom is -0.480 e. The second kappa shape index (κ2) is 8.22. The van der Waals surface area contributed by atoms with Crippen molar-refractivity contribution in [3.05, 3.63) is 34.3 Å². The Morgan fingerprint density at radius 2 is 2.21 bits per heavy atom. The van der Waals surface area contributed by atoms with E-state index in [2.05, 4.69) is 21.2 Å². The molecule has 0 aliphatic carbocycles. The Morgan fingerprint density at radius 1 is 1.47 bits per heavy atom. The van der Waals surface area contributed by atoms with Crippen LogP contribution in [0.5, 0.6) is 0 Å². The van der Waals surface area contributed by atoms with E-state index in [1.807, 2.05) is 30.5 Å². The molecule has 6 heteroatoms. The Hall–Kier alpha value is -1.01. The number of benzene rings is 1. The number of carbonyl (C=O) groups excluding carboxylic acids is 1. The van der Waals surface area contributed by atoms with E-state index in [-0.39, 0.29) is 12.3 Å². The summed E-state index contributed by atoms with van der Waals surface area (Å²) in [7, 11) is 0. The van der Waals surface area contributed by atoms with Crippen LogP contribution in [-0.4, -0.2) is 35.0 Å². The Bertz CT molecular complexity index is 453. The van der Waals surface area contributed by atoms with Gasteiger partial charge in [0.25, 0.3) is 0 Å². The molecule has 0 spiro atoms. The van der Waals surface area contributed by atoms with Gasteiger partial charge in [0.1, 0.15) is 6.04 Å². The maximum absolute atomic E-state index is 11.8. The number of carbonyl (C=O) groups is 2. The van der Waals surface area contributed by atoms with Crippen LogP contribution < -0.4 is 5.32 Å². The third kappa shape index (κ3) is 6.11. The zero-order chi connectivity index (χ0) is 14.3. The first-order valence-electron chi connectivity index (χ1n) is 5.78. The van der Waals surface area contributed by atoms with Crippen LogP contribution in [0.25, 0.3) is 0 Å². The van der Waals surface area contributed by atoms with Crippen molar-refractivity contribution < 1.29 is 14.7 Å². The van der Waals surface area contributed by atoms with Crippen molar-refractivity contribution in [3.8, 4) is 0 Å². The van der Waals surface area contributed by atoms with E-state index in [0.29, 0.717) is 12.2 Å². The molecule has 2 N–H and O–H groups in total. The largest absolute Gasteiger partial charge is 0.480 e. The summed E-state index contributed by atoms with van der Waals surface area (Å²) in [5.74, 6) is -0.558. The maximum Gasteiger partial charge on any atom is 0.326 e. The highest BCUT2D eigenvalue weighted by Crippen LogP contribution is 2.12. The molecule has 1 amide bonds. The Kier molecular flexibility index (Phi) is 6.94. The average Bonchev–Trinajstić information content (AvgIpc) is 2.34. The maximum atomic E-state index is 11.8. The average molecular weight is 346 g/mol. The van der Waals surface area contributed by atoms with Crippen molar-refractivity contribution in [1.29, 1.82) is 0 Å². The summed E-state index contributed by atoms with van der Waals surface area (Å²) in [4.78, 5) is 22.8. The van der Waals surface area contributed by atoms with Gasteiger partial charge in [-0.15, -0.1) is 0 Å². The molecule has 0 unspecified atom stereocenters. The number of hydrogen-bond acceptors (Lipinski definition) is 3. The molecular formula is C13H16BrNO3S. The lowest BCUT2D eigenvalue weighted by atomic mass is 10.1. The van der Waals surface area contributed by atoms with Crippen LogP contribution in [0.3, 0.4) is 0 Å². The normalized spacial score (nSPS) is 11.9. The Morgan fingerprint density at radius 3 is 2.79 bits per heavy atom. The minimum atomic E-state index is -0.989. The van der Waals surface area contributed by atoms with Gasteiger partial charge in [0, 0.05) is 4.47 Å². The zero-order valence-electron chi connectivity index (χ0n) is 10.6. The molecule has 0 aromatic heterocycles. The van der Waals surface area contributed by atoms with Gasteiger partial charge in [-0.2, -0.15) is 11.8 Å². The van der Waals surface area contributed by atoms with Gasteiger partial charge >= 0.3 is 5.97 Å². The molecule has 104 valence electrons. The number of hydrogen-bond donors (Lipinski definition) is 2. The topological polar surface area (TPSA) is 66.4 Å². The fourth-order valence-corrected chi connectivity index (χ4v) is 2.49. The summed E-state index contributed by atoms with van der Waals surface area (Å²) in [6.07, 6.45) is 2.52. The highest BCUT2D eigenvalue weighted by molar-refractivity contribution is 9.10. The predicted molar refractivity (Wildman–Crippen MR) is 80.4 cm³/mol. The van der Waals surface area contributed by atoms with Crippen molar-refractivity contribution in [1.82, 2.24) is 5.32 Å². The standard InChI is InChI=1S/C13H16BrNO3S/c1-19-6-5-11(13(17)18)15-12(16)8-9-3-2-4-10(14)7-9/h2-4,7,11H,5-6,8H2,1H3,(H,15,16)(H,17,18)/t11-/m1/s1. The van der Waals surface area contributed by atoms with Crippen LogP contribution in [0.2, 0.25) is 0 Å². The van der Waals surface area contributed by atoms with E-state index >= 15 is 0 Å². The van der Waals surface area contributed by atoms with E-state index in [0.717, 1.165) is 10.0 Å². The van der Waals surface area contributed by atoms with Gasteiger partial charge in [0.05, 0.1) is 6.42 Å². The lowest BCUT2D eigenvalue weighted by Gasteiger charge is -2.14. The molecule has 0 bridgehead atoms. The van der Waals surface area contributed by atoms with E-state index in [1.165, 1.54) is 0 Å². The quantitative estimate of drug-likeness (QED) is 0.795. The third-order valence-electron chi connectivity index (χ3n) is 2.50.